The van der Waals surface area contributed by atoms with Crippen LogP contribution in [0.4, 0.5) is 5.82 Å². The van der Waals surface area contributed by atoms with Crippen molar-refractivity contribution in [2.24, 2.45) is 5.73 Å². The molecule has 0 unspecified atom stereocenters. The minimum absolute atomic E-state index is 0.328. The van der Waals surface area contributed by atoms with E-state index in [1.807, 2.05) is 19.1 Å². The van der Waals surface area contributed by atoms with Gasteiger partial charge in [0.2, 0.25) is 0 Å². The largest absolute Gasteiger partial charge is 0.356 e. The summed E-state index contributed by atoms with van der Waals surface area (Å²) in [5.74, 6) is 1.79. The fourth-order valence-corrected chi connectivity index (χ4v) is 2.51. The fraction of sp³-hybridized carbons (Fsp3) is 0.400. The van der Waals surface area contributed by atoms with Gasteiger partial charge in [0.05, 0.1) is 5.69 Å². The van der Waals surface area contributed by atoms with Gasteiger partial charge < -0.3 is 10.6 Å². The van der Waals surface area contributed by atoms with E-state index >= 15 is 0 Å². The summed E-state index contributed by atoms with van der Waals surface area (Å²) in [4.78, 5) is 15.4. The molecule has 0 spiro atoms. The van der Waals surface area contributed by atoms with Gasteiger partial charge in [-0.05, 0) is 31.9 Å². The van der Waals surface area contributed by atoms with Gasteiger partial charge in [0, 0.05) is 43.2 Å². The zero-order chi connectivity index (χ0) is 13.9. The Morgan fingerprint density at radius 3 is 2.55 bits per heavy atom. The molecule has 2 aromatic rings. The highest BCUT2D eigenvalue weighted by molar-refractivity contribution is 5.62. The molecule has 5 heteroatoms. The van der Waals surface area contributed by atoms with E-state index in [1.165, 1.54) is 0 Å². The smallest absolute Gasteiger partial charge is 0.132 e. The van der Waals surface area contributed by atoms with E-state index < -0.39 is 0 Å². The third-order valence-corrected chi connectivity index (χ3v) is 3.66. The van der Waals surface area contributed by atoms with Crippen LogP contribution in [0.5, 0.6) is 0 Å². The van der Waals surface area contributed by atoms with Gasteiger partial charge in [-0.15, -0.1) is 0 Å². The minimum atomic E-state index is 0.328. The van der Waals surface area contributed by atoms with Crippen LogP contribution in [0.1, 0.15) is 18.7 Å². The number of rotatable bonds is 2. The Hall–Kier alpha value is -2.01. The van der Waals surface area contributed by atoms with Crippen LogP contribution in [0.3, 0.4) is 0 Å². The standard InChI is InChI=1S/C15H19N5/c1-11-18-14(12-2-6-17-7-3-12)10-15(19-11)20-8-4-13(16)5-9-20/h2-3,6-7,10,13H,4-5,8-9,16H2,1H3. The van der Waals surface area contributed by atoms with Crippen LogP contribution in [0.25, 0.3) is 11.3 Å². The first kappa shape index (κ1) is 13.0. The average molecular weight is 269 g/mol. The molecule has 3 rings (SSSR count). The maximum Gasteiger partial charge on any atom is 0.132 e. The van der Waals surface area contributed by atoms with Crippen molar-refractivity contribution in [3.05, 3.63) is 36.4 Å². The lowest BCUT2D eigenvalue weighted by atomic mass is 10.1. The molecule has 0 bridgehead atoms. The highest BCUT2D eigenvalue weighted by Crippen LogP contribution is 2.23. The zero-order valence-electron chi connectivity index (χ0n) is 11.7. The Labute approximate surface area is 118 Å². The molecule has 0 aliphatic carbocycles. The van der Waals surface area contributed by atoms with Crippen LogP contribution >= 0.6 is 0 Å². The summed E-state index contributed by atoms with van der Waals surface area (Å²) in [6.07, 6.45) is 5.61. The molecule has 2 aromatic heterocycles. The average Bonchev–Trinajstić information content (AvgIpc) is 2.48. The van der Waals surface area contributed by atoms with Crippen molar-refractivity contribution in [3.63, 3.8) is 0 Å². The Bertz CT molecular complexity index is 576. The monoisotopic (exact) mass is 269 g/mol. The molecule has 1 fully saturated rings. The van der Waals surface area contributed by atoms with Gasteiger partial charge in [0.25, 0.3) is 0 Å². The Morgan fingerprint density at radius 2 is 1.85 bits per heavy atom. The molecule has 0 amide bonds. The lowest BCUT2D eigenvalue weighted by Crippen LogP contribution is -2.40. The van der Waals surface area contributed by atoms with E-state index in [0.717, 1.165) is 48.8 Å². The van der Waals surface area contributed by atoms with Crippen LogP contribution in [-0.2, 0) is 0 Å². The van der Waals surface area contributed by atoms with Gasteiger partial charge in [0.15, 0.2) is 0 Å². The molecule has 3 heterocycles. The van der Waals surface area contributed by atoms with E-state index in [2.05, 4.69) is 25.9 Å². The molecule has 0 saturated carbocycles. The normalized spacial score (nSPS) is 16.4. The van der Waals surface area contributed by atoms with Crippen LogP contribution in [0.2, 0.25) is 0 Å². The van der Waals surface area contributed by atoms with Crippen LogP contribution in [0.15, 0.2) is 30.6 Å². The van der Waals surface area contributed by atoms with E-state index in [-0.39, 0.29) is 0 Å². The van der Waals surface area contributed by atoms with Crippen LogP contribution < -0.4 is 10.6 Å². The number of nitrogens with two attached hydrogens (primary N) is 1. The molecule has 20 heavy (non-hydrogen) atoms. The Morgan fingerprint density at radius 1 is 1.15 bits per heavy atom. The predicted molar refractivity (Wildman–Crippen MR) is 79.4 cm³/mol. The molecule has 2 N–H and O–H groups in total. The number of nitrogens with zero attached hydrogens (tertiary/aromatic N) is 4. The summed E-state index contributed by atoms with van der Waals surface area (Å²) in [6, 6.07) is 6.32. The quantitative estimate of drug-likeness (QED) is 0.900. The molecular formula is C15H19N5. The molecule has 0 aromatic carbocycles. The first-order valence-corrected chi connectivity index (χ1v) is 6.99. The lowest BCUT2D eigenvalue weighted by molar-refractivity contribution is 0.498. The highest BCUT2D eigenvalue weighted by Gasteiger charge is 2.18. The SMILES string of the molecule is Cc1nc(-c2ccncc2)cc(N2CCC(N)CC2)n1. The molecular weight excluding hydrogens is 250 g/mol. The molecule has 5 nitrogen and oxygen atoms in total. The van der Waals surface area contributed by atoms with Crippen molar-refractivity contribution >= 4 is 5.82 Å². The zero-order valence-corrected chi connectivity index (χ0v) is 11.7. The predicted octanol–water partition coefficient (Wildman–Crippen LogP) is 1.77. The number of hydrogen-bond donors (Lipinski definition) is 1. The number of piperidine rings is 1. The van der Waals surface area contributed by atoms with Gasteiger partial charge >= 0.3 is 0 Å². The summed E-state index contributed by atoms with van der Waals surface area (Å²) in [5.41, 5.74) is 7.98. The van der Waals surface area contributed by atoms with Crippen molar-refractivity contribution in [2.45, 2.75) is 25.8 Å². The minimum Gasteiger partial charge on any atom is -0.356 e. The van der Waals surface area contributed by atoms with E-state index in [9.17, 15) is 0 Å². The number of anilines is 1. The van der Waals surface area contributed by atoms with Gasteiger partial charge in [-0.25, -0.2) is 9.97 Å². The van der Waals surface area contributed by atoms with E-state index in [0.29, 0.717) is 6.04 Å². The first-order chi connectivity index (χ1) is 9.72. The lowest BCUT2D eigenvalue weighted by Gasteiger charge is -2.31. The second kappa shape index (κ2) is 5.54. The fourth-order valence-electron chi connectivity index (χ4n) is 2.51. The summed E-state index contributed by atoms with van der Waals surface area (Å²) in [5, 5.41) is 0. The number of hydrogen-bond acceptors (Lipinski definition) is 5. The third-order valence-electron chi connectivity index (χ3n) is 3.66. The summed E-state index contributed by atoms with van der Waals surface area (Å²) in [6.45, 7) is 3.87. The van der Waals surface area contributed by atoms with Gasteiger partial charge in [0.1, 0.15) is 11.6 Å². The van der Waals surface area contributed by atoms with Gasteiger partial charge in [-0.3, -0.25) is 4.98 Å². The summed E-state index contributed by atoms with van der Waals surface area (Å²) >= 11 is 0. The number of aryl methyl sites for hydroxylation is 1. The van der Waals surface area contributed by atoms with E-state index in [4.69, 9.17) is 5.73 Å². The van der Waals surface area contributed by atoms with Crippen LogP contribution in [0, 0.1) is 6.92 Å². The van der Waals surface area contributed by atoms with Crippen molar-refractivity contribution in [3.8, 4) is 11.3 Å². The maximum atomic E-state index is 5.96. The molecule has 1 aliphatic rings. The second-order valence-corrected chi connectivity index (χ2v) is 5.22. The number of pyridine rings is 1. The molecule has 0 radical (unpaired) electrons. The topological polar surface area (TPSA) is 67.9 Å². The second-order valence-electron chi connectivity index (χ2n) is 5.22. The number of aromatic nitrogens is 3. The summed E-state index contributed by atoms with van der Waals surface area (Å²) < 4.78 is 0. The van der Waals surface area contributed by atoms with Crippen LogP contribution in [-0.4, -0.2) is 34.1 Å². The highest BCUT2D eigenvalue weighted by atomic mass is 15.2. The van der Waals surface area contributed by atoms with Crippen molar-refractivity contribution in [2.75, 3.05) is 18.0 Å². The van der Waals surface area contributed by atoms with Crippen molar-refractivity contribution in [1.29, 1.82) is 0 Å². The first-order valence-electron chi connectivity index (χ1n) is 6.99. The van der Waals surface area contributed by atoms with Gasteiger partial charge in [-0.1, -0.05) is 0 Å². The van der Waals surface area contributed by atoms with Crippen molar-refractivity contribution < 1.29 is 0 Å². The Kier molecular flexibility index (Phi) is 3.60. The maximum absolute atomic E-state index is 5.96. The molecule has 1 aliphatic heterocycles. The van der Waals surface area contributed by atoms with Gasteiger partial charge in [-0.2, -0.15) is 0 Å². The molecule has 104 valence electrons. The summed E-state index contributed by atoms with van der Waals surface area (Å²) in [7, 11) is 0. The molecule has 1 saturated heterocycles. The molecule has 0 atom stereocenters. The third kappa shape index (κ3) is 2.77. The van der Waals surface area contributed by atoms with Crippen molar-refractivity contribution in [1.82, 2.24) is 15.0 Å². The van der Waals surface area contributed by atoms with E-state index in [1.54, 1.807) is 12.4 Å². The Balaban J connectivity index is 1.91.